The molecule has 1 atom stereocenters. The van der Waals surface area contributed by atoms with E-state index in [1.807, 2.05) is 48.5 Å². The van der Waals surface area contributed by atoms with E-state index < -0.39 is 5.97 Å². The number of carbonyl (C=O) groups excluding carboxylic acids is 1. The molecule has 0 saturated heterocycles. The number of hydrogen-bond donors (Lipinski definition) is 2. The zero-order chi connectivity index (χ0) is 28.1. The van der Waals surface area contributed by atoms with Gasteiger partial charge in [0.25, 0.3) is 0 Å². The van der Waals surface area contributed by atoms with Crippen molar-refractivity contribution in [1.29, 1.82) is 0 Å². The van der Waals surface area contributed by atoms with E-state index in [2.05, 4.69) is 21.9 Å². The number of H-pyrrole nitrogens is 1. The van der Waals surface area contributed by atoms with E-state index in [0.717, 1.165) is 29.7 Å². The molecular weight excluding hydrogens is 522 g/mol. The fraction of sp³-hybridized carbons (Fsp3) is 0.152. The van der Waals surface area contributed by atoms with Gasteiger partial charge in [0.15, 0.2) is 5.78 Å². The minimum atomic E-state index is -1.14. The molecule has 200 valence electrons. The molecule has 0 unspecified atom stereocenters. The number of rotatable bonds is 10. The van der Waals surface area contributed by atoms with Crippen molar-refractivity contribution in [2.45, 2.75) is 32.1 Å². The predicted molar refractivity (Wildman–Crippen MR) is 158 cm³/mol. The molecule has 40 heavy (non-hydrogen) atoms. The lowest BCUT2D eigenvalue weighted by molar-refractivity contribution is 0.0697. The topological polar surface area (TPSA) is 95.9 Å². The number of aromatic carboxylic acids is 1. The van der Waals surface area contributed by atoms with Crippen LogP contribution in [0.5, 0.6) is 0 Å². The molecule has 2 heterocycles. The van der Waals surface area contributed by atoms with Crippen molar-refractivity contribution in [1.82, 2.24) is 15.0 Å². The summed E-state index contributed by atoms with van der Waals surface area (Å²) in [5, 5.41) is 10.6. The quantitative estimate of drug-likeness (QED) is 0.171. The Morgan fingerprint density at radius 1 is 0.950 bits per heavy atom. The molecule has 0 aliphatic heterocycles. The van der Waals surface area contributed by atoms with Crippen molar-refractivity contribution < 1.29 is 14.7 Å². The molecule has 0 aliphatic rings. The molecule has 0 aliphatic carbocycles. The van der Waals surface area contributed by atoms with Crippen molar-refractivity contribution in [3.63, 3.8) is 0 Å². The first-order chi connectivity index (χ1) is 19.5. The number of pyridine rings is 1. The van der Waals surface area contributed by atoms with Crippen molar-refractivity contribution >= 4 is 23.4 Å². The minimum Gasteiger partial charge on any atom is -0.478 e. The summed E-state index contributed by atoms with van der Waals surface area (Å²) in [5.41, 5.74) is 4.80. The van der Waals surface area contributed by atoms with Gasteiger partial charge in [-0.2, -0.15) is 0 Å². The summed E-state index contributed by atoms with van der Waals surface area (Å²) in [6, 6.07) is 23.9. The van der Waals surface area contributed by atoms with Crippen LogP contribution in [0.4, 0.5) is 0 Å². The highest BCUT2D eigenvalue weighted by molar-refractivity contribution is 6.34. The Morgan fingerprint density at radius 2 is 1.73 bits per heavy atom. The van der Waals surface area contributed by atoms with Gasteiger partial charge in [-0.3, -0.25) is 9.78 Å². The zero-order valence-corrected chi connectivity index (χ0v) is 22.7. The number of carboxylic acids is 1. The van der Waals surface area contributed by atoms with Crippen LogP contribution in [0.15, 0.2) is 97.5 Å². The van der Waals surface area contributed by atoms with E-state index >= 15 is 0 Å². The van der Waals surface area contributed by atoms with Crippen LogP contribution in [0, 0.1) is 0 Å². The second-order valence-corrected chi connectivity index (χ2v) is 10.0. The lowest BCUT2D eigenvalue weighted by atomic mass is 9.87. The first-order valence-electron chi connectivity index (χ1n) is 13.2. The smallest absolute Gasteiger partial charge is 0.336 e. The van der Waals surface area contributed by atoms with Crippen LogP contribution in [0.2, 0.25) is 5.02 Å². The lowest BCUT2D eigenvalue weighted by Gasteiger charge is -2.17. The summed E-state index contributed by atoms with van der Waals surface area (Å²) >= 11 is 6.68. The molecule has 3 aromatic carbocycles. The number of hydrogen-bond acceptors (Lipinski definition) is 4. The fourth-order valence-electron chi connectivity index (χ4n) is 5.05. The average Bonchev–Trinajstić information content (AvgIpc) is 3.48. The van der Waals surface area contributed by atoms with Crippen molar-refractivity contribution in [3.05, 3.63) is 119 Å². The number of imidazole rings is 1. The Balaban J connectivity index is 1.52. The summed E-state index contributed by atoms with van der Waals surface area (Å²) < 4.78 is 0. The van der Waals surface area contributed by atoms with Gasteiger partial charge in [-0.05, 0) is 47.7 Å². The number of halogens is 1. The Bertz CT molecular complexity index is 1650. The summed E-state index contributed by atoms with van der Waals surface area (Å²) in [6.45, 7) is 2.10. The van der Waals surface area contributed by atoms with E-state index in [-0.39, 0.29) is 17.3 Å². The van der Waals surface area contributed by atoms with Gasteiger partial charge in [0.1, 0.15) is 5.82 Å². The molecule has 0 bridgehead atoms. The first kappa shape index (κ1) is 27.0. The van der Waals surface area contributed by atoms with Crippen molar-refractivity contribution in [2.24, 2.45) is 0 Å². The van der Waals surface area contributed by atoms with Gasteiger partial charge in [-0.1, -0.05) is 79.5 Å². The van der Waals surface area contributed by atoms with Crippen LogP contribution in [-0.4, -0.2) is 31.8 Å². The zero-order valence-electron chi connectivity index (χ0n) is 22.0. The van der Waals surface area contributed by atoms with Crippen LogP contribution in [-0.2, 0) is 0 Å². The Kier molecular flexibility index (Phi) is 8.18. The number of nitrogens with zero attached hydrogens (tertiary/aromatic N) is 2. The van der Waals surface area contributed by atoms with Gasteiger partial charge >= 0.3 is 5.97 Å². The fourth-order valence-corrected chi connectivity index (χ4v) is 5.32. The van der Waals surface area contributed by atoms with Gasteiger partial charge in [0.05, 0.1) is 17.5 Å². The molecule has 2 aromatic heterocycles. The predicted octanol–water partition coefficient (Wildman–Crippen LogP) is 8.31. The van der Waals surface area contributed by atoms with E-state index in [1.54, 1.807) is 42.9 Å². The van der Waals surface area contributed by atoms with Crippen LogP contribution in [0.25, 0.3) is 33.8 Å². The van der Waals surface area contributed by atoms with Gasteiger partial charge < -0.3 is 10.1 Å². The molecular formula is C33H28ClN3O3. The highest BCUT2D eigenvalue weighted by Crippen LogP contribution is 2.39. The molecule has 5 aromatic rings. The third-order valence-corrected chi connectivity index (χ3v) is 7.33. The summed E-state index contributed by atoms with van der Waals surface area (Å²) in [5.74, 6) is -0.620. The number of nitrogens with one attached hydrogen (secondary N) is 1. The minimum absolute atomic E-state index is 0.00728. The second-order valence-electron chi connectivity index (χ2n) is 9.63. The van der Waals surface area contributed by atoms with Crippen LogP contribution in [0.1, 0.15) is 58.4 Å². The largest absolute Gasteiger partial charge is 0.478 e. The van der Waals surface area contributed by atoms with Gasteiger partial charge in [-0.15, -0.1) is 0 Å². The van der Waals surface area contributed by atoms with Crippen LogP contribution in [0.3, 0.4) is 0 Å². The van der Waals surface area contributed by atoms with E-state index in [4.69, 9.17) is 11.6 Å². The van der Waals surface area contributed by atoms with Crippen molar-refractivity contribution in [3.8, 4) is 33.8 Å². The molecule has 0 saturated carbocycles. The lowest BCUT2D eigenvalue weighted by Crippen LogP contribution is -2.10. The Hall–Kier alpha value is -4.55. The monoisotopic (exact) mass is 549 g/mol. The normalized spacial score (nSPS) is 11.8. The highest BCUT2D eigenvalue weighted by Gasteiger charge is 2.23. The Morgan fingerprint density at radius 3 is 2.45 bits per heavy atom. The first-order valence-corrected chi connectivity index (χ1v) is 13.5. The number of aromatic amines is 1. The molecule has 5 rings (SSSR count). The molecule has 0 spiro atoms. The van der Waals surface area contributed by atoms with Crippen LogP contribution >= 0.6 is 11.6 Å². The van der Waals surface area contributed by atoms with Gasteiger partial charge in [0.2, 0.25) is 0 Å². The number of carboxylic acid groups (broad SMARTS) is 1. The number of benzene rings is 3. The summed E-state index contributed by atoms with van der Waals surface area (Å²) in [6.07, 6.45) is 7.23. The maximum atomic E-state index is 13.4. The van der Waals surface area contributed by atoms with Gasteiger partial charge in [-0.25, -0.2) is 9.78 Å². The number of aromatic nitrogens is 3. The third kappa shape index (κ3) is 5.72. The average molecular weight is 550 g/mol. The van der Waals surface area contributed by atoms with E-state index in [9.17, 15) is 14.7 Å². The molecule has 7 heteroatoms. The maximum Gasteiger partial charge on any atom is 0.336 e. The molecule has 2 N–H and O–H groups in total. The molecule has 0 fully saturated rings. The molecule has 6 nitrogen and oxygen atoms in total. The highest BCUT2D eigenvalue weighted by atomic mass is 35.5. The SMILES string of the molecule is CCC[C@@H](CC(=O)c1ccc(-c2c(Cl)cccc2-c2ncc(-c3ccncc3)[nH]2)c(C(=O)O)c1)c1ccccc1. The number of Topliss-reactive ketones (excluding diaryl/α,β-unsaturated/α-hetero) is 1. The number of carbonyl (C=O) groups is 2. The maximum absolute atomic E-state index is 13.4. The van der Waals surface area contributed by atoms with Crippen LogP contribution < -0.4 is 0 Å². The molecule has 0 radical (unpaired) electrons. The standard InChI is InChI=1S/C33H28ClN3O3/c1-2-7-23(21-8-4-3-5-9-21)19-30(38)24-12-13-25(27(18-24)33(39)40)31-26(10-6-11-28(31)34)32-36-20-29(37-32)22-14-16-35-17-15-22/h3-6,8-18,20,23H,2,7,19H2,1H3,(H,36,37)(H,39,40)/t23-/m0/s1. The molecule has 0 amide bonds. The number of ketones is 1. The van der Waals surface area contributed by atoms with E-state index in [0.29, 0.717) is 39.5 Å². The van der Waals surface area contributed by atoms with Crippen molar-refractivity contribution in [2.75, 3.05) is 0 Å². The van der Waals surface area contributed by atoms with E-state index in [1.165, 1.54) is 6.07 Å². The second kappa shape index (κ2) is 12.1. The van der Waals surface area contributed by atoms with Gasteiger partial charge in [0, 0.05) is 46.1 Å². The third-order valence-electron chi connectivity index (χ3n) is 7.02. The Labute approximate surface area is 237 Å². The summed E-state index contributed by atoms with van der Waals surface area (Å²) in [4.78, 5) is 37.8. The summed E-state index contributed by atoms with van der Waals surface area (Å²) in [7, 11) is 0.